The minimum absolute atomic E-state index is 0.166. The second-order valence-electron chi connectivity index (χ2n) is 3.10. The van der Waals surface area contributed by atoms with Crippen molar-refractivity contribution in [1.29, 1.82) is 0 Å². The predicted molar refractivity (Wildman–Crippen MR) is 49.9 cm³/mol. The fourth-order valence-electron chi connectivity index (χ4n) is 1.39. The largest absolute Gasteiger partial charge is 0.424 e. The Morgan fingerprint density at radius 2 is 2.31 bits per heavy atom. The van der Waals surface area contributed by atoms with Gasteiger partial charge < -0.3 is 10.1 Å². The molecule has 1 N–H and O–H groups in total. The van der Waals surface area contributed by atoms with Gasteiger partial charge >= 0.3 is 5.97 Å². The quantitative estimate of drug-likeness (QED) is 0.484. The molecule has 0 amide bonds. The third-order valence-electron chi connectivity index (χ3n) is 2.07. The van der Waals surface area contributed by atoms with Gasteiger partial charge in [-0.05, 0) is 18.6 Å². The Morgan fingerprint density at radius 1 is 1.46 bits per heavy atom. The van der Waals surface area contributed by atoms with Crippen molar-refractivity contribution in [1.82, 2.24) is 0 Å². The summed E-state index contributed by atoms with van der Waals surface area (Å²) in [6.07, 6.45) is 0.425. The van der Waals surface area contributed by atoms with Gasteiger partial charge in [-0.1, -0.05) is 12.1 Å². The van der Waals surface area contributed by atoms with Gasteiger partial charge in [-0.15, -0.1) is 0 Å². The maximum absolute atomic E-state index is 11.1. The summed E-state index contributed by atoms with van der Waals surface area (Å²) in [4.78, 5) is 11.1. The molecular formula is C10H11NO2. The molecule has 0 fully saturated rings. The van der Waals surface area contributed by atoms with Gasteiger partial charge in [0, 0.05) is 6.54 Å². The van der Waals surface area contributed by atoms with E-state index in [4.69, 9.17) is 4.74 Å². The second-order valence-corrected chi connectivity index (χ2v) is 3.10. The molecule has 0 unspecified atom stereocenters. The summed E-state index contributed by atoms with van der Waals surface area (Å²) < 4.78 is 5.19. The molecule has 1 aliphatic rings. The molecule has 0 atom stereocenters. The Labute approximate surface area is 76.7 Å². The maximum Gasteiger partial charge on any atom is 0.313 e. The van der Waals surface area contributed by atoms with E-state index in [1.165, 1.54) is 0 Å². The number of benzene rings is 1. The van der Waals surface area contributed by atoms with E-state index in [1.807, 2.05) is 25.1 Å². The van der Waals surface area contributed by atoms with Crippen molar-refractivity contribution in [2.24, 2.45) is 0 Å². The average molecular weight is 177 g/mol. The van der Waals surface area contributed by atoms with Crippen molar-refractivity contribution >= 4 is 11.7 Å². The summed E-state index contributed by atoms with van der Waals surface area (Å²) >= 11 is 0. The number of hydrogen-bond donors (Lipinski definition) is 1. The molecule has 0 aliphatic carbocycles. The highest BCUT2D eigenvalue weighted by Crippen LogP contribution is 2.30. The van der Waals surface area contributed by atoms with Crippen molar-refractivity contribution < 1.29 is 9.53 Å². The fourth-order valence-corrected chi connectivity index (χ4v) is 1.39. The topological polar surface area (TPSA) is 38.3 Å². The van der Waals surface area contributed by atoms with Crippen LogP contribution in [0.4, 0.5) is 5.69 Å². The molecule has 1 aliphatic heterocycles. The molecule has 13 heavy (non-hydrogen) atoms. The molecule has 68 valence electrons. The van der Waals surface area contributed by atoms with Gasteiger partial charge in [0.25, 0.3) is 0 Å². The van der Waals surface area contributed by atoms with Gasteiger partial charge in [0.2, 0.25) is 0 Å². The maximum atomic E-state index is 11.1. The van der Waals surface area contributed by atoms with Crippen LogP contribution < -0.4 is 10.1 Å². The van der Waals surface area contributed by atoms with Crippen LogP contribution in [0.25, 0.3) is 0 Å². The number of esters is 1. The lowest BCUT2D eigenvalue weighted by atomic mass is 10.2. The Balaban J connectivity index is 2.46. The van der Waals surface area contributed by atoms with Crippen LogP contribution in [0.1, 0.15) is 12.0 Å². The van der Waals surface area contributed by atoms with Crippen LogP contribution in [0, 0.1) is 6.92 Å². The van der Waals surface area contributed by atoms with Crippen LogP contribution in [-0.4, -0.2) is 12.5 Å². The number of fused-ring (bicyclic) bond motifs is 1. The van der Waals surface area contributed by atoms with Gasteiger partial charge in [0.1, 0.15) is 0 Å². The molecule has 1 heterocycles. The number of para-hydroxylation sites is 1. The smallest absolute Gasteiger partial charge is 0.313 e. The lowest BCUT2D eigenvalue weighted by Gasteiger charge is -2.08. The number of carbonyl (C=O) groups excluding carboxylic acids is 1. The number of carbonyl (C=O) groups is 1. The number of hydrogen-bond acceptors (Lipinski definition) is 3. The van der Waals surface area contributed by atoms with Crippen LogP contribution in [0.3, 0.4) is 0 Å². The van der Waals surface area contributed by atoms with Crippen LogP contribution in [-0.2, 0) is 4.79 Å². The minimum Gasteiger partial charge on any atom is -0.424 e. The molecule has 0 bridgehead atoms. The molecule has 3 nitrogen and oxygen atoms in total. The Hall–Kier alpha value is -1.51. The lowest BCUT2D eigenvalue weighted by Crippen LogP contribution is -2.08. The lowest BCUT2D eigenvalue weighted by molar-refractivity contribution is -0.133. The van der Waals surface area contributed by atoms with E-state index < -0.39 is 0 Å². The summed E-state index contributed by atoms with van der Waals surface area (Å²) in [7, 11) is 0. The Kier molecular flexibility index (Phi) is 1.93. The van der Waals surface area contributed by atoms with Gasteiger partial charge in [0.05, 0.1) is 12.1 Å². The first-order valence-electron chi connectivity index (χ1n) is 4.31. The van der Waals surface area contributed by atoms with Crippen LogP contribution >= 0.6 is 0 Å². The van der Waals surface area contributed by atoms with Crippen LogP contribution in [0.2, 0.25) is 0 Å². The number of rotatable bonds is 0. The number of nitrogens with one attached hydrogen (secondary N) is 1. The summed E-state index contributed by atoms with van der Waals surface area (Å²) in [5.41, 5.74) is 1.89. The molecule has 0 aromatic heterocycles. The first-order chi connectivity index (χ1) is 6.27. The van der Waals surface area contributed by atoms with E-state index in [1.54, 1.807) is 0 Å². The predicted octanol–water partition coefficient (Wildman–Crippen LogP) is 1.72. The van der Waals surface area contributed by atoms with Crippen LogP contribution in [0.15, 0.2) is 18.2 Å². The summed E-state index contributed by atoms with van der Waals surface area (Å²) in [6, 6.07) is 5.79. The zero-order chi connectivity index (χ0) is 9.26. The molecule has 1 aromatic carbocycles. The van der Waals surface area contributed by atoms with E-state index in [2.05, 4.69) is 5.32 Å². The number of aryl methyl sites for hydroxylation is 1. The third-order valence-corrected chi connectivity index (χ3v) is 2.07. The highest BCUT2D eigenvalue weighted by Gasteiger charge is 2.15. The van der Waals surface area contributed by atoms with Crippen molar-refractivity contribution in [3.05, 3.63) is 23.8 Å². The van der Waals surface area contributed by atoms with E-state index in [9.17, 15) is 4.79 Å². The van der Waals surface area contributed by atoms with E-state index in [0.717, 1.165) is 11.3 Å². The average Bonchev–Trinajstić information content (AvgIpc) is 2.28. The van der Waals surface area contributed by atoms with Crippen molar-refractivity contribution in [3.8, 4) is 5.75 Å². The van der Waals surface area contributed by atoms with Crippen molar-refractivity contribution in [2.75, 3.05) is 11.9 Å². The van der Waals surface area contributed by atoms with Gasteiger partial charge in [-0.2, -0.15) is 0 Å². The fraction of sp³-hybridized carbons (Fsp3) is 0.300. The van der Waals surface area contributed by atoms with Gasteiger partial charge in [-0.25, -0.2) is 0 Å². The standard InChI is InChI=1S/C10H11NO2/c1-7-3-2-4-8-10(7)13-9(12)5-6-11-8/h2-4,11H,5-6H2,1H3. The monoisotopic (exact) mass is 177 g/mol. The van der Waals surface area contributed by atoms with Crippen molar-refractivity contribution in [3.63, 3.8) is 0 Å². The van der Waals surface area contributed by atoms with E-state index in [0.29, 0.717) is 18.7 Å². The first-order valence-corrected chi connectivity index (χ1v) is 4.31. The van der Waals surface area contributed by atoms with E-state index >= 15 is 0 Å². The first kappa shape index (κ1) is 8.10. The molecule has 0 spiro atoms. The molecule has 1 aromatic rings. The van der Waals surface area contributed by atoms with Crippen molar-refractivity contribution in [2.45, 2.75) is 13.3 Å². The number of anilines is 1. The van der Waals surface area contributed by atoms with Crippen LogP contribution in [0.5, 0.6) is 5.75 Å². The summed E-state index contributed by atoms with van der Waals surface area (Å²) in [5, 5.41) is 3.15. The SMILES string of the molecule is Cc1cccc2c1OC(=O)CCN2. The summed E-state index contributed by atoms with van der Waals surface area (Å²) in [6.45, 7) is 2.58. The summed E-state index contributed by atoms with van der Waals surface area (Å²) in [5.74, 6) is 0.505. The highest BCUT2D eigenvalue weighted by atomic mass is 16.5. The molecule has 3 heteroatoms. The molecule has 0 radical (unpaired) electrons. The Morgan fingerprint density at radius 3 is 3.15 bits per heavy atom. The number of ether oxygens (including phenoxy) is 1. The second kappa shape index (κ2) is 3.09. The van der Waals surface area contributed by atoms with Gasteiger partial charge in [-0.3, -0.25) is 4.79 Å². The van der Waals surface area contributed by atoms with Gasteiger partial charge in [0.15, 0.2) is 5.75 Å². The third kappa shape index (κ3) is 1.49. The molecule has 0 saturated carbocycles. The normalized spacial score (nSPS) is 15.3. The molecule has 2 rings (SSSR count). The minimum atomic E-state index is -0.166. The van der Waals surface area contributed by atoms with E-state index in [-0.39, 0.29) is 5.97 Å². The Bertz CT molecular complexity index is 347. The zero-order valence-electron chi connectivity index (χ0n) is 7.46. The molecular weight excluding hydrogens is 166 g/mol. The molecule has 0 saturated heterocycles. The zero-order valence-corrected chi connectivity index (χ0v) is 7.46. The highest BCUT2D eigenvalue weighted by molar-refractivity contribution is 5.78.